The maximum absolute atomic E-state index is 7.62. The van der Waals surface area contributed by atoms with E-state index in [0.717, 1.165) is 0 Å². The second kappa shape index (κ2) is 71.3. The van der Waals surface area contributed by atoms with E-state index in [1.54, 1.807) is 0 Å². The maximum atomic E-state index is 7.62. The van der Waals surface area contributed by atoms with Crippen LogP contribution in [-0.4, -0.2) is 117 Å². The summed E-state index contributed by atoms with van der Waals surface area (Å²) in [6.07, 6.45) is 0. The minimum absolute atomic E-state index is 0. The molecule has 0 aromatic rings. The number of hydrogen-bond acceptors (Lipinski definition) is 10. The predicted molar refractivity (Wildman–Crippen MR) is 70.9 cm³/mol. The van der Waals surface area contributed by atoms with Gasteiger partial charge in [0.2, 0.25) is 0 Å². The van der Waals surface area contributed by atoms with Crippen molar-refractivity contribution in [3.8, 4) is 0 Å². The molecule has 0 heterocycles. The molecule has 0 amide bonds. The summed E-state index contributed by atoms with van der Waals surface area (Å²) in [5.74, 6) is 0. The molecule has 0 fully saturated rings. The number of hydrogen-bond donors (Lipinski definition) is 10. The number of aliphatic hydroxyl groups is 10. The molecule has 10 N–H and O–H groups in total. The van der Waals surface area contributed by atoms with Crippen molar-refractivity contribution in [2.75, 3.05) is 66.1 Å². The first-order chi connectivity index (χ1) is 9.57. The molecule has 0 aliphatic carbocycles. The SMILES string of the molecule is OCCO.OCCO.OCCO.OCCO.OCCO.[Mo]. The van der Waals surface area contributed by atoms with E-state index in [1.807, 2.05) is 0 Å². The van der Waals surface area contributed by atoms with Crippen LogP contribution in [0.4, 0.5) is 0 Å². The van der Waals surface area contributed by atoms with E-state index >= 15 is 0 Å². The molecule has 21 heavy (non-hydrogen) atoms. The second-order valence-electron chi connectivity index (χ2n) is 2.24. The Morgan fingerprint density at radius 2 is 0.286 bits per heavy atom. The zero-order valence-electron chi connectivity index (χ0n) is 12.0. The van der Waals surface area contributed by atoms with Crippen LogP contribution < -0.4 is 0 Å². The largest absolute Gasteiger partial charge is 0.394 e. The molecule has 10 nitrogen and oxygen atoms in total. The third-order valence-electron chi connectivity index (χ3n) is 0.500. The van der Waals surface area contributed by atoms with Gasteiger partial charge in [-0.15, -0.1) is 0 Å². The van der Waals surface area contributed by atoms with E-state index in [-0.39, 0.29) is 87.1 Å². The summed E-state index contributed by atoms with van der Waals surface area (Å²) in [5, 5.41) is 76.2. The van der Waals surface area contributed by atoms with Crippen LogP contribution in [0.15, 0.2) is 0 Å². The van der Waals surface area contributed by atoms with Crippen LogP contribution in [0.1, 0.15) is 0 Å². The van der Waals surface area contributed by atoms with E-state index in [0.29, 0.717) is 0 Å². The van der Waals surface area contributed by atoms with E-state index in [4.69, 9.17) is 51.1 Å². The molecule has 0 rings (SSSR count). The van der Waals surface area contributed by atoms with Gasteiger partial charge >= 0.3 is 0 Å². The molecule has 0 aromatic heterocycles. The normalized spacial score (nSPS) is 7.14. The van der Waals surface area contributed by atoms with Crippen molar-refractivity contribution in [2.24, 2.45) is 0 Å². The first kappa shape index (κ1) is 37.5. The van der Waals surface area contributed by atoms with Crippen LogP contribution >= 0.6 is 0 Å². The molecule has 0 unspecified atom stereocenters. The van der Waals surface area contributed by atoms with Gasteiger partial charge < -0.3 is 51.1 Å². The monoisotopic (exact) mass is 408 g/mol. The Labute approximate surface area is 138 Å². The summed E-state index contributed by atoms with van der Waals surface area (Å²) in [6, 6.07) is 0. The average molecular weight is 406 g/mol. The molecule has 136 valence electrons. The summed E-state index contributed by atoms with van der Waals surface area (Å²) < 4.78 is 0. The van der Waals surface area contributed by atoms with Gasteiger partial charge in [0, 0.05) is 21.1 Å². The van der Waals surface area contributed by atoms with Crippen LogP contribution in [-0.2, 0) is 21.1 Å². The van der Waals surface area contributed by atoms with Gasteiger partial charge in [-0.3, -0.25) is 0 Å². The molecule has 0 bridgehead atoms. The molecule has 0 saturated carbocycles. The molecule has 0 atom stereocenters. The van der Waals surface area contributed by atoms with Crippen LogP contribution in [0.3, 0.4) is 0 Å². The third kappa shape index (κ3) is 243. The Morgan fingerprint density at radius 1 is 0.238 bits per heavy atom. The summed E-state index contributed by atoms with van der Waals surface area (Å²) in [4.78, 5) is 0. The first-order valence-electron chi connectivity index (χ1n) is 5.66. The standard InChI is InChI=1S/5C2H6O2.Mo/c5*3-1-2-4;/h5*3-4H,1-2H2;. The molecule has 11 heteroatoms. The van der Waals surface area contributed by atoms with Gasteiger partial charge in [0.25, 0.3) is 0 Å². The van der Waals surface area contributed by atoms with Gasteiger partial charge in [-0.1, -0.05) is 0 Å². The van der Waals surface area contributed by atoms with Crippen LogP contribution in [0.25, 0.3) is 0 Å². The molecular formula is C10H30MoO10. The Balaban J connectivity index is -0.0000000331. The fraction of sp³-hybridized carbons (Fsp3) is 1.00. The maximum Gasteiger partial charge on any atom is 0.0662 e. The van der Waals surface area contributed by atoms with Crippen LogP contribution in [0.2, 0.25) is 0 Å². The number of aliphatic hydroxyl groups excluding tert-OH is 10. The molecule has 0 spiro atoms. The van der Waals surface area contributed by atoms with E-state index in [1.165, 1.54) is 0 Å². The third-order valence-corrected chi connectivity index (χ3v) is 0.500. The Morgan fingerprint density at radius 3 is 0.286 bits per heavy atom. The second-order valence-corrected chi connectivity index (χ2v) is 2.24. The molecule has 0 aromatic carbocycles. The van der Waals surface area contributed by atoms with Crippen LogP contribution in [0.5, 0.6) is 0 Å². The minimum atomic E-state index is -0.125. The number of rotatable bonds is 5. The van der Waals surface area contributed by atoms with Crippen molar-refractivity contribution in [2.45, 2.75) is 0 Å². The summed E-state index contributed by atoms with van der Waals surface area (Å²) in [6.45, 7) is -1.25. The van der Waals surface area contributed by atoms with E-state index in [9.17, 15) is 0 Å². The summed E-state index contributed by atoms with van der Waals surface area (Å²) in [7, 11) is 0. The van der Waals surface area contributed by atoms with Gasteiger partial charge in [-0.2, -0.15) is 0 Å². The molecular weight excluding hydrogens is 376 g/mol. The quantitative estimate of drug-likeness (QED) is 0.197. The molecule has 0 aliphatic heterocycles. The van der Waals surface area contributed by atoms with Gasteiger partial charge in [-0.05, 0) is 0 Å². The fourth-order valence-corrected chi connectivity index (χ4v) is 0. The average Bonchev–Trinajstić information content (AvgIpc) is 2.55. The topological polar surface area (TPSA) is 202 Å². The van der Waals surface area contributed by atoms with Crippen molar-refractivity contribution in [3.05, 3.63) is 0 Å². The van der Waals surface area contributed by atoms with Gasteiger partial charge in [-0.25, -0.2) is 0 Å². The Hall–Kier alpha value is 0.288. The molecule has 0 saturated heterocycles. The predicted octanol–water partition coefficient (Wildman–Crippen LogP) is -5.15. The van der Waals surface area contributed by atoms with Gasteiger partial charge in [0.1, 0.15) is 0 Å². The van der Waals surface area contributed by atoms with Crippen LogP contribution in [0, 0.1) is 0 Å². The Bertz CT molecular complexity index is 59.0. The van der Waals surface area contributed by atoms with E-state index < -0.39 is 0 Å². The summed E-state index contributed by atoms with van der Waals surface area (Å²) >= 11 is 0. The fourth-order valence-electron chi connectivity index (χ4n) is 0. The minimum Gasteiger partial charge on any atom is -0.394 e. The van der Waals surface area contributed by atoms with Crippen molar-refractivity contribution in [1.29, 1.82) is 0 Å². The molecule has 0 aliphatic rings. The van der Waals surface area contributed by atoms with Crippen molar-refractivity contribution in [1.82, 2.24) is 0 Å². The molecule has 0 radical (unpaired) electrons. The first-order valence-corrected chi connectivity index (χ1v) is 5.66. The van der Waals surface area contributed by atoms with Crippen molar-refractivity contribution < 1.29 is 72.1 Å². The van der Waals surface area contributed by atoms with Gasteiger partial charge in [0.15, 0.2) is 0 Å². The zero-order valence-corrected chi connectivity index (χ0v) is 14.0. The summed E-state index contributed by atoms with van der Waals surface area (Å²) in [5.41, 5.74) is 0. The van der Waals surface area contributed by atoms with Gasteiger partial charge in [0.05, 0.1) is 66.1 Å². The zero-order chi connectivity index (χ0) is 17.1. The van der Waals surface area contributed by atoms with Crippen molar-refractivity contribution in [3.63, 3.8) is 0 Å². The Kier molecular flexibility index (Phi) is 127. The smallest absolute Gasteiger partial charge is 0.0662 e. The van der Waals surface area contributed by atoms with Crippen molar-refractivity contribution >= 4 is 0 Å². The van der Waals surface area contributed by atoms with E-state index in [2.05, 4.69) is 0 Å².